The van der Waals surface area contributed by atoms with Gasteiger partial charge in [-0.05, 0) is 42.7 Å². The van der Waals surface area contributed by atoms with E-state index < -0.39 is 0 Å². The number of benzene rings is 1. The van der Waals surface area contributed by atoms with E-state index in [2.05, 4.69) is 53.1 Å². The molecule has 0 radical (unpaired) electrons. The lowest BCUT2D eigenvalue weighted by Gasteiger charge is -2.02. The lowest BCUT2D eigenvalue weighted by atomic mass is 10.1. The van der Waals surface area contributed by atoms with E-state index in [-0.39, 0.29) is 0 Å². The standard InChI is InChI=1S/C16H17N3/c1-3-14-10-18-16(19-14)8-12-4-5-15-13(7-12)6-11(2)9-17-15/h4-7,9-10H,3,8H2,1-2H3,(H,18,19). The predicted molar refractivity (Wildman–Crippen MR) is 77.3 cm³/mol. The van der Waals surface area contributed by atoms with Gasteiger partial charge in [-0.1, -0.05) is 13.0 Å². The lowest BCUT2D eigenvalue weighted by molar-refractivity contribution is 0.989. The molecule has 0 spiro atoms. The SMILES string of the molecule is CCc1c[nH]c(Cc2ccc3ncc(C)cc3c2)n1. The number of rotatable bonds is 3. The maximum atomic E-state index is 4.55. The summed E-state index contributed by atoms with van der Waals surface area (Å²) < 4.78 is 0. The lowest BCUT2D eigenvalue weighted by Crippen LogP contribution is -1.92. The van der Waals surface area contributed by atoms with Crippen LogP contribution in [0.4, 0.5) is 0 Å². The number of aromatic amines is 1. The van der Waals surface area contributed by atoms with Gasteiger partial charge in [-0.25, -0.2) is 4.98 Å². The van der Waals surface area contributed by atoms with Crippen LogP contribution in [-0.2, 0) is 12.8 Å². The Kier molecular flexibility index (Phi) is 3.03. The second-order valence-electron chi connectivity index (χ2n) is 4.91. The summed E-state index contributed by atoms with van der Waals surface area (Å²) in [5.74, 6) is 1.02. The molecular formula is C16H17N3. The van der Waals surface area contributed by atoms with E-state index in [1.54, 1.807) is 0 Å². The van der Waals surface area contributed by atoms with Crippen LogP contribution in [0.5, 0.6) is 0 Å². The van der Waals surface area contributed by atoms with Crippen molar-refractivity contribution in [2.24, 2.45) is 0 Å². The average molecular weight is 251 g/mol. The summed E-state index contributed by atoms with van der Waals surface area (Å²) in [7, 11) is 0. The minimum atomic E-state index is 0.837. The van der Waals surface area contributed by atoms with Gasteiger partial charge in [0.1, 0.15) is 5.82 Å². The molecule has 19 heavy (non-hydrogen) atoms. The number of fused-ring (bicyclic) bond motifs is 1. The normalized spacial score (nSPS) is 11.1. The molecular weight excluding hydrogens is 234 g/mol. The fourth-order valence-corrected chi connectivity index (χ4v) is 2.27. The van der Waals surface area contributed by atoms with Crippen molar-refractivity contribution in [2.75, 3.05) is 0 Å². The van der Waals surface area contributed by atoms with E-state index in [9.17, 15) is 0 Å². The molecule has 0 saturated heterocycles. The van der Waals surface area contributed by atoms with E-state index in [1.165, 1.54) is 16.5 Å². The van der Waals surface area contributed by atoms with Gasteiger partial charge >= 0.3 is 0 Å². The smallest absolute Gasteiger partial charge is 0.110 e. The molecule has 0 bridgehead atoms. The number of nitrogens with one attached hydrogen (secondary N) is 1. The van der Waals surface area contributed by atoms with Crippen molar-refractivity contribution in [1.82, 2.24) is 15.0 Å². The zero-order valence-electron chi connectivity index (χ0n) is 11.3. The van der Waals surface area contributed by atoms with Gasteiger partial charge in [0.2, 0.25) is 0 Å². The second-order valence-corrected chi connectivity index (χ2v) is 4.91. The Labute approximate surface area is 112 Å². The number of hydrogen-bond acceptors (Lipinski definition) is 2. The Hall–Kier alpha value is -2.16. The van der Waals surface area contributed by atoms with Crippen LogP contribution in [0.2, 0.25) is 0 Å². The largest absolute Gasteiger partial charge is 0.348 e. The minimum absolute atomic E-state index is 0.837. The Morgan fingerprint density at radius 2 is 2.11 bits per heavy atom. The molecule has 2 heterocycles. The van der Waals surface area contributed by atoms with Gasteiger partial charge in [0.15, 0.2) is 0 Å². The molecule has 0 unspecified atom stereocenters. The van der Waals surface area contributed by atoms with Crippen molar-refractivity contribution >= 4 is 10.9 Å². The molecule has 1 aromatic carbocycles. The molecule has 3 heteroatoms. The summed E-state index contributed by atoms with van der Waals surface area (Å²) in [6.07, 6.45) is 5.70. The summed E-state index contributed by atoms with van der Waals surface area (Å²) in [6.45, 7) is 4.18. The van der Waals surface area contributed by atoms with E-state index in [1.807, 2.05) is 12.4 Å². The molecule has 2 aromatic heterocycles. The Balaban J connectivity index is 1.92. The molecule has 0 saturated carbocycles. The first-order valence-electron chi connectivity index (χ1n) is 6.63. The van der Waals surface area contributed by atoms with Crippen LogP contribution in [-0.4, -0.2) is 15.0 Å². The number of imidazole rings is 1. The maximum Gasteiger partial charge on any atom is 0.110 e. The van der Waals surface area contributed by atoms with Gasteiger partial charge in [0.05, 0.1) is 11.2 Å². The summed E-state index contributed by atoms with van der Waals surface area (Å²) in [4.78, 5) is 12.2. The molecule has 0 aliphatic carbocycles. The van der Waals surface area contributed by atoms with Crippen LogP contribution in [0, 0.1) is 6.92 Å². The third-order valence-corrected chi connectivity index (χ3v) is 3.30. The van der Waals surface area contributed by atoms with Crippen LogP contribution in [0.25, 0.3) is 10.9 Å². The van der Waals surface area contributed by atoms with Gasteiger partial charge in [0, 0.05) is 24.2 Å². The first kappa shape index (κ1) is 11.9. The molecule has 1 N–H and O–H groups in total. The fourth-order valence-electron chi connectivity index (χ4n) is 2.27. The minimum Gasteiger partial charge on any atom is -0.348 e. The van der Waals surface area contributed by atoms with E-state index in [0.29, 0.717) is 0 Å². The molecule has 0 atom stereocenters. The third kappa shape index (κ3) is 2.50. The first-order valence-corrected chi connectivity index (χ1v) is 6.63. The van der Waals surface area contributed by atoms with Gasteiger partial charge in [-0.2, -0.15) is 0 Å². The highest BCUT2D eigenvalue weighted by molar-refractivity contribution is 5.79. The summed E-state index contributed by atoms with van der Waals surface area (Å²) in [6, 6.07) is 8.57. The molecule has 0 amide bonds. The number of pyridine rings is 1. The van der Waals surface area contributed by atoms with Crippen LogP contribution in [0.1, 0.15) is 29.6 Å². The van der Waals surface area contributed by atoms with E-state index in [0.717, 1.165) is 29.9 Å². The zero-order chi connectivity index (χ0) is 13.2. The molecule has 3 nitrogen and oxygen atoms in total. The maximum absolute atomic E-state index is 4.55. The van der Waals surface area contributed by atoms with Crippen molar-refractivity contribution in [2.45, 2.75) is 26.7 Å². The Morgan fingerprint density at radius 1 is 1.21 bits per heavy atom. The number of aromatic nitrogens is 3. The monoisotopic (exact) mass is 251 g/mol. The highest BCUT2D eigenvalue weighted by Crippen LogP contribution is 2.17. The number of nitrogens with zero attached hydrogens (tertiary/aromatic N) is 2. The molecule has 0 aliphatic rings. The van der Waals surface area contributed by atoms with Crippen molar-refractivity contribution in [1.29, 1.82) is 0 Å². The number of hydrogen-bond donors (Lipinski definition) is 1. The van der Waals surface area contributed by atoms with Gasteiger partial charge < -0.3 is 4.98 Å². The van der Waals surface area contributed by atoms with Crippen LogP contribution in [0.15, 0.2) is 36.7 Å². The van der Waals surface area contributed by atoms with Crippen molar-refractivity contribution in [3.05, 3.63) is 59.3 Å². The molecule has 0 aliphatic heterocycles. The van der Waals surface area contributed by atoms with E-state index in [4.69, 9.17) is 0 Å². The Bertz CT molecular complexity index is 713. The number of H-pyrrole nitrogens is 1. The predicted octanol–water partition coefficient (Wildman–Crippen LogP) is 3.42. The molecule has 0 fully saturated rings. The summed E-state index contributed by atoms with van der Waals surface area (Å²) in [5.41, 5.74) is 4.61. The zero-order valence-corrected chi connectivity index (χ0v) is 11.3. The van der Waals surface area contributed by atoms with Crippen molar-refractivity contribution < 1.29 is 0 Å². The van der Waals surface area contributed by atoms with Crippen LogP contribution in [0.3, 0.4) is 0 Å². The highest BCUT2D eigenvalue weighted by atomic mass is 14.9. The molecule has 3 rings (SSSR count). The van der Waals surface area contributed by atoms with Crippen LogP contribution < -0.4 is 0 Å². The van der Waals surface area contributed by atoms with E-state index >= 15 is 0 Å². The van der Waals surface area contributed by atoms with Gasteiger partial charge in [0.25, 0.3) is 0 Å². The highest BCUT2D eigenvalue weighted by Gasteiger charge is 2.03. The second kappa shape index (κ2) is 4.84. The van der Waals surface area contributed by atoms with Gasteiger partial charge in [-0.3, -0.25) is 4.98 Å². The first-order chi connectivity index (χ1) is 9.24. The summed E-state index contributed by atoms with van der Waals surface area (Å²) >= 11 is 0. The number of aryl methyl sites for hydroxylation is 2. The van der Waals surface area contributed by atoms with Gasteiger partial charge in [-0.15, -0.1) is 0 Å². The third-order valence-electron chi connectivity index (χ3n) is 3.30. The Morgan fingerprint density at radius 3 is 2.89 bits per heavy atom. The topological polar surface area (TPSA) is 41.6 Å². The van der Waals surface area contributed by atoms with Crippen molar-refractivity contribution in [3.8, 4) is 0 Å². The molecule has 3 aromatic rings. The fraction of sp³-hybridized carbons (Fsp3) is 0.250. The van der Waals surface area contributed by atoms with Crippen LogP contribution >= 0.6 is 0 Å². The average Bonchev–Trinajstić information content (AvgIpc) is 2.86. The van der Waals surface area contributed by atoms with Crippen molar-refractivity contribution in [3.63, 3.8) is 0 Å². The molecule has 96 valence electrons. The quantitative estimate of drug-likeness (QED) is 0.775. The summed E-state index contributed by atoms with van der Waals surface area (Å²) in [5, 5.41) is 1.19.